The molecule has 1 aliphatic carbocycles. The van der Waals surface area contributed by atoms with E-state index in [0.717, 1.165) is 29.4 Å². The zero-order chi connectivity index (χ0) is 25.4. The molecule has 0 radical (unpaired) electrons. The lowest BCUT2D eigenvalue weighted by atomic mass is 9.98. The molecule has 9 heteroatoms. The smallest absolute Gasteiger partial charge is 0.407 e. The molecule has 2 aromatic rings. The molecular weight excluding hydrogens is 452 g/mol. The minimum Gasteiger partial charge on any atom is -0.480 e. The standard InChI is InChI=1S/C26H26N2O7/c1-3-4-13-21(24(30)27-22(25(31)32)14-23(29)34-2)28-26(33)35-15-20-18-11-7-5-9-16(18)17-10-6-8-12-19(17)20/h5-12,20-22H,13-15H2,1-2H3,(H,27,30)(H,28,33)(H,31,32)/t21?,22-/m0/s1. The quantitative estimate of drug-likeness (QED) is 0.373. The molecule has 0 aliphatic heterocycles. The summed E-state index contributed by atoms with van der Waals surface area (Å²) in [6.45, 7) is 1.62. The maximum atomic E-state index is 12.7. The highest BCUT2D eigenvalue weighted by molar-refractivity contribution is 5.91. The summed E-state index contributed by atoms with van der Waals surface area (Å²) < 4.78 is 9.93. The van der Waals surface area contributed by atoms with Crippen LogP contribution in [0.2, 0.25) is 0 Å². The summed E-state index contributed by atoms with van der Waals surface area (Å²) in [4.78, 5) is 48.2. The Labute approximate surface area is 202 Å². The van der Waals surface area contributed by atoms with Crippen LogP contribution in [-0.4, -0.2) is 54.8 Å². The van der Waals surface area contributed by atoms with E-state index in [1.807, 2.05) is 48.5 Å². The summed E-state index contributed by atoms with van der Waals surface area (Å²) in [6, 6.07) is 13.1. The number of rotatable bonds is 9. The molecule has 2 amide bonds. The lowest BCUT2D eigenvalue weighted by Gasteiger charge is -2.20. The Balaban J connectivity index is 1.67. The summed E-state index contributed by atoms with van der Waals surface area (Å²) in [5.41, 5.74) is 4.25. The van der Waals surface area contributed by atoms with Gasteiger partial charge in [-0.2, -0.15) is 0 Å². The molecule has 0 fully saturated rings. The first kappa shape index (κ1) is 25.3. The third-order valence-corrected chi connectivity index (χ3v) is 5.65. The minimum absolute atomic E-state index is 0.0494. The topological polar surface area (TPSA) is 131 Å². The number of esters is 1. The number of aliphatic carboxylic acids is 1. The number of methoxy groups -OCH3 is 1. The van der Waals surface area contributed by atoms with Gasteiger partial charge in [0.1, 0.15) is 18.7 Å². The number of hydrogen-bond acceptors (Lipinski definition) is 6. The highest BCUT2D eigenvalue weighted by Crippen LogP contribution is 2.44. The Hall–Kier alpha value is -4.32. The first-order valence-electron chi connectivity index (χ1n) is 11.0. The molecule has 0 heterocycles. The predicted octanol–water partition coefficient (Wildman–Crippen LogP) is 2.44. The number of carbonyl (C=O) groups is 4. The van der Waals surface area contributed by atoms with Crippen LogP contribution in [0.15, 0.2) is 48.5 Å². The number of ether oxygens (including phenoxy) is 2. The van der Waals surface area contributed by atoms with E-state index in [4.69, 9.17) is 4.74 Å². The van der Waals surface area contributed by atoms with Crippen molar-refractivity contribution in [1.82, 2.24) is 10.6 Å². The van der Waals surface area contributed by atoms with Crippen molar-refractivity contribution in [3.8, 4) is 23.0 Å². The van der Waals surface area contributed by atoms with E-state index in [-0.39, 0.29) is 18.9 Å². The van der Waals surface area contributed by atoms with E-state index in [9.17, 15) is 24.3 Å². The van der Waals surface area contributed by atoms with Gasteiger partial charge in [0.2, 0.25) is 5.91 Å². The summed E-state index contributed by atoms with van der Waals surface area (Å²) in [7, 11) is 1.11. The number of carbonyl (C=O) groups excluding carboxylic acids is 3. The Morgan fingerprint density at radius 3 is 2.11 bits per heavy atom. The van der Waals surface area contributed by atoms with Crippen LogP contribution in [-0.2, 0) is 23.9 Å². The van der Waals surface area contributed by atoms with Crippen molar-refractivity contribution < 1.29 is 33.8 Å². The number of carboxylic acids is 1. The highest BCUT2D eigenvalue weighted by atomic mass is 16.5. The number of amides is 2. The van der Waals surface area contributed by atoms with Crippen LogP contribution in [0, 0.1) is 11.8 Å². The van der Waals surface area contributed by atoms with Gasteiger partial charge in [-0.3, -0.25) is 9.59 Å². The van der Waals surface area contributed by atoms with Crippen molar-refractivity contribution in [2.24, 2.45) is 0 Å². The van der Waals surface area contributed by atoms with Gasteiger partial charge in [-0.05, 0) is 29.2 Å². The molecule has 0 saturated carbocycles. The van der Waals surface area contributed by atoms with Crippen LogP contribution in [0.25, 0.3) is 11.1 Å². The molecule has 182 valence electrons. The Morgan fingerprint density at radius 1 is 0.971 bits per heavy atom. The molecule has 3 N–H and O–H groups in total. The lowest BCUT2D eigenvalue weighted by molar-refractivity contribution is -0.148. The van der Waals surface area contributed by atoms with Crippen molar-refractivity contribution in [2.45, 2.75) is 37.8 Å². The third-order valence-electron chi connectivity index (χ3n) is 5.65. The summed E-state index contributed by atoms with van der Waals surface area (Å²) in [5.74, 6) is 2.14. The van der Waals surface area contributed by atoms with Gasteiger partial charge in [-0.25, -0.2) is 9.59 Å². The average Bonchev–Trinajstić information content (AvgIpc) is 3.18. The Bertz CT molecular complexity index is 1140. The van der Waals surface area contributed by atoms with Crippen LogP contribution in [0.4, 0.5) is 4.79 Å². The second-order valence-electron chi connectivity index (χ2n) is 7.83. The maximum Gasteiger partial charge on any atom is 0.407 e. The predicted molar refractivity (Wildman–Crippen MR) is 126 cm³/mol. The number of alkyl carbamates (subject to hydrolysis) is 1. The van der Waals surface area contributed by atoms with Gasteiger partial charge in [0, 0.05) is 12.3 Å². The molecule has 1 unspecified atom stereocenters. The van der Waals surface area contributed by atoms with Gasteiger partial charge in [0.25, 0.3) is 0 Å². The van der Waals surface area contributed by atoms with Crippen molar-refractivity contribution in [2.75, 3.05) is 13.7 Å². The van der Waals surface area contributed by atoms with Gasteiger partial charge in [0.15, 0.2) is 0 Å². The zero-order valence-corrected chi connectivity index (χ0v) is 19.4. The van der Waals surface area contributed by atoms with Gasteiger partial charge in [-0.15, -0.1) is 11.8 Å². The summed E-state index contributed by atoms with van der Waals surface area (Å²) in [6.07, 6.45) is -1.48. The van der Waals surface area contributed by atoms with Gasteiger partial charge < -0.3 is 25.2 Å². The molecule has 0 saturated heterocycles. The van der Waals surface area contributed by atoms with Crippen molar-refractivity contribution in [3.63, 3.8) is 0 Å². The number of nitrogens with one attached hydrogen (secondary N) is 2. The number of hydrogen-bond donors (Lipinski definition) is 3. The molecule has 0 bridgehead atoms. The molecule has 2 atom stereocenters. The normalized spacial score (nSPS) is 13.2. The Kier molecular flexibility index (Phi) is 8.46. The molecule has 2 aromatic carbocycles. The number of benzene rings is 2. The fraction of sp³-hybridized carbons (Fsp3) is 0.308. The molecule has 9 nitrogen and oxygen atoms in total. The zero-order valence-electron chi connectivity index (χ0n) is 19.4. The van der Waals surface area contributed by atoms with Crippen LogP contribution in [0.1, 0.15) is 36.8 Å². The SMILES string of the molecule is CC#CCC(NC(=O)OCC1c2ccccc2-c2ccccc21)C(=O)N[C@@H](CC(=O)OC)C(=O)O. The minimum atomic E-state index is -1.52. The Morgan fingerprint density at radius 2 is 1.57 bits per heavy atom. The molecule has 0 aromatic heterocycles. The second-order valence-corrected chi connectivity index (χ2v) is 7.83. The van der Waals surface area contributed by atoms with Crippen LogP contribution in [0.3, 0.4) is 0 Å². The van der Waals surface area contributed by atoms with E-state index in [0.29, 0.717) is 0 Å². The molecule has 35 heavy (non-hydrogen) atoms. The van der Waals surface area contributed by atoms with Crippen molar-refractivity contribution in [1.29, 1.82) is 0 Å². The fourth-order valence-electron chi connectivity index (χ4n) is 3.92. The van der Waals surface area contributed by atoms with Gasteiger partial charge >= 0.3 is 18.0 Å². The van der Waals surface area contributed by atoms with Crippen molar-refractivity contribution in [3.05, 3.63) is 59.7 Å². The molecule has 3 rings (SSSR count). The molecular formula is C26H26N2O7. The average molecular weight is 479 g/mol. The highest BCUT2D eigenvalue weighted by Gasteiger charge is 2.31. The van der Waals surface area contributed by atoms with E-state index in [1.54, 1.807) is 6.92 Å². The fourth-order valence-corrected chi connectivity index (χ4v) is 3.92. The van der Waals surface area contributed by atoms with Gasteiger partial charge in [0.05, 0.1) is 13.5 Å². The number of fused-ring (bicyclic) bond motifs is 3. The second kappa shape index (κ2) is 11.7. The molecule has 1 aliphatic rings. The summed E-state index contributed by atoms with van der Waals surface area (Å²) >= 11 is 0. The summed E-state index contributed by atoms with van der Waals surface area (Å²) in [5, 5.41) is 14.0. The molecule has 0 spiro atoms. The number of carboxylic acid groups (broad SMARTS) is 1. The van der Waals surface area contributed by atoms with Crippen molar-refractivity contribution >= 4 is 23.9 Å². The van der Waals surface area contributed by atoms with E-state index < -0.39 is 42.4 Å². The largest absolute Gasteiger partial charge is 0.480 e. The maximum absolute atomic E-state index is 12.7. The van der Waals surface area contributed by atoms with Crippen LogP contribution in [0.5, 0.6) is 0 Å². The monoisotopic (exact) mass is 478 g/mol. The van der Waals surface area contributed by atoms with E-state index in [2.05, 4.69) is 27.2 Å². The van der Waals surface area contributed by atoms with Crippen LogP contribution >= 0.6 is 0 Å². The van der Waals surface area contributed by atoms with Crippen LogP contribution < -0.4 is 10.6 Å². The van der Waals surface area contributed by atoms with Gasteiger partial charge in [-0.1, -0.05) is 48.5 Å². The first-order chi connectivity index (χ1) is 16.8. The van der Waals surface area contributed by atoms with E-state index in [1.165, 1.54) is 0 Å². The van der Waals surface area contributed by atoms with E-state index >= 15 is 0 Å². The third kappa shape index (κ3) is 6.18. The first-order valence-corrected chi connectivity index (χ1v) is 11.0. The lowest BCUT2D eigenvalue weighted by Crippen LogP contribution is -2.52.